The largest absolute Gasteiger partial charge is 0.462 e. The van der Waals surface area contributed by atoms with Gasteiger partial charge in [-0.15, -0.1) is 0 Å². The normalized spacial score (nSPS) is 10.2. The molecule has 0 saturated heterocycles. The van der Waals surface area contributed by atoms with E-state index < -0.39 is 5.97 Å². The van der Waals surface area contributed by atoms with Gasteiger partial charge < -0.3 is 20.5 Å². The van der Waals surface area contributed by atoms with Crippen molar-refractivity contribution >= 4 is 17.5 Å². The molecule has 0 spiro atoms. The first-order valence-electron chi connectivity index (χ1n) is 6.43. The van der Waals surface area contributed by atoms with Crippen molar-refractivity contribution in [3.8, 4) is 0 Å². The minimum absolute atomic E-state index is 0.317. The van der Waals surface area contributed by atoms with Crippen molar-refractivity contribution in [3.63, 3.8) is 0 Å². The van der Waals surface area contributed by atoms with Crippen LogP contribution in [0.4, 0.5) is 11.5 Å². The summed E-state index contributed by atoms with van der Waals surface area (Å²) in [6.45, 7) is 6.10. The highest BCUT2D eigenvalue weighted by molar-refractivity contribution is 5.97. The van der Waals surface area contributed by atoms with Gasteiger partial charge in [0, 0.05) is 26.0 Å². The lowest BCUT2D eigenvalue weighted by molar-refractivity contribution is 0.0527. The quantitative estimate of drug-likeness (QED) is 0.550. The lowest BCUT2D eigenvalue weighted by Gasteiger charge is -2.11. The second-order valence-electron chi connectivity index (χ2n) is 3.82. The number of aromatic nitrogens is 1. The molecule has 19 heavy (non-hydrogen) atoms. The number of rotatable bonds is 8. The van der Waals surface area contributed by atoms with E-state index in [-0.39, 0.29) is 0 Å². The summed E-state index contributed by atoms with van der Waals surface area (Å²) < 4.78 is 10.2. The number of ether oxygens (including phenoxy) is 2. The van der Waals surface area contributed by atoms with Crippen molar-refractivity contribution in [1.82, 2.24) is 4.98 Å². The Hall–Kier alpha value is -1.82. The summed E-state index contributed by atoms with van der Waals surface area (Å²) in [4.78, 5) is 15.8. The second-order valence-corrected chi connectivity index (χ2v) is 3.82. The maximum atomic E-state index is 11.7. The summed E-state index contributed by atoms with van der Waals surface area (Å²) in [6.07, 6.45) is 2.38. The van der Waals surface area contributed by atoms with Gasteiger partial charge in [-0.05, 0) is 26.3 Å². The van der Waals surface area contributed by atoms with Gasteiger partial charge >= 0.3 is 5.97 Å². The number of esters is 1. The maximum Gasteiger partial charge on any atom is 0.340 e. The maximum absolute atomic E-state index is 11.7. The Labute approximate surface area is 113 Å². The third-order valence-corrected chi connectivity index (χ3v) is 2.45. The molecular formula is C13H21N3O3. The van der Waals surface area contributed by atoms with Gasteiger partial charge in [0.15, 0.2) is 0 Å². The standard InChI is InChI=1S/C13H21N3O3/c1-3-18-9-5-7-15-12-11(14)10(6-8-16-12)13(17)19-4-2/h6,8H,3-5,7,9,14H2,1-2H3,(H,15,16). The molecule has 0 aromatic carbocycles. The molecule has 1 aromatic rings. The van der Waals surface area contributed by atoms with Gasteiger partial charge in [0.05, 0.1) is 17.9 Å². The van der Waals surface area contributed by atoms with Gasteiger partial charge in [-0.3, -0.25) is 0 Å². The van der Waals surface area contributed by atoms with Crippen LogP contribution in [0.25, 0.3) is 0 Å². The summed E-state index contributed by atoms with van der Waals surface area (Å²) in [5, 5.41) is 3.09. The van der Waals surface area contributed by atoms with Gasteiger partial charge in [-0.25, -0.2) is 9.78 Å². The van der Waals surface area contributed by atoms with Gasteiger partial charge in [0.1, 0.15) is 5.82 Å². The fourth-order valence-electron chi connectivity index (χ4n) is 1.53. The molecule has 6 nitrogen and oxygen atoms in total. The van der Waals surface area contributed by atoms with Crippen LogP contribution in [0, 0.1) is 0 Å². The molecule has 1 rings (SSSR count). The van der Waals surface area contributed by atoms with Crippen molar-refractivity contribution in [2.24, 2.45) is 0 Å². The van der Waals surface area contributed by atoms with E-state index in [0.717, 1.165) is 6.42 Å². The van der Waals surface area contributed by atoms with Crippen LogP contribution < -0.4 is 11.1 Å². The highest BCUT2D eigenvalue weighted by atomic mass is 16.5. The molecule has 0 atom stereocenters. The number of anilines is 2. The number of nitrogens with one attached hydrogen (secondary N) is 1. The van der Waals surface area contributed by atoms with E-state index in [4.69, 9.17) is 15.2 Å². The Morgan fingerprint density at radius 2 is 2.21 bits per heavy atom. The zero-order valence-electron chi connectivity index (χ0n) is 11.4. The molecule has 0 aliphatic heterocycles. The lowest BCUT2D eigenvalue weighted by Crippen LogP contribution is -2.13. The highest BCUT2D eigenvalue weighted by Crippen LogP contribution is 2.20. The first-order chi connectivity index (χ1) is 9.20. The van der Waals surface area contributed by atoms with Crippen molar-refractivity contribution in [3.05, 3.63) is 17.8 Å². The van der Waals surface area contributed by atoms with Gasteiger partial charge in [0.25, 0.3) is 0 Å². The smallest absolute Gasteiger partial charge is 0.340 e. The van der Waals surface area contributed by atoms with E-state index in [1.165, 1.54) is 6.20 Å². The van der Waals surface area contributed by atoms with Crippen LogP contribution in [0.5, 0.6) is 0 Å². The van der Waals surface area contributed by atoms with Crippen LogP contribution in [0.2, 0.25) is 0 Å². The van der Waals surface area contributed by atoms with Crippen LogP contribution in [0.1, 0.15) is 30.6 Å². The van der Waals surface area contributed by atoms with Gasteiger partial charge in [-0.1, -0.05) is 0 Å². The number of pyridine rings is 1. The molecule has 0 saturated carbocycles. The summed E-state index contributed by atoms with van der Waals surface area (Å²) in [5.41, 5.74) is 6.55. The second kappa shape index (κ2) is 8.31. The number of carbonyl (C=O) groups is 1. The number of carbonyl (C=O) groups excluding carboxylic acids is 1. The molecule has 0 bridgehead atoms. The predicted molar refractivity (Wildman–Crippen MR) is 74.2 cm³/mol. The molecule has 0 amide bonds. The fraction of sp³-hybridized carbons (Fsp3) is 0.538. The molecule has 0 radical (unpaired) electrons. The third kappa shape index (κ3) is 4.75. The molecule has 1 aromatic heterocycles. The Bertz CT molecular complexity index is 410. The average Bonchev–Trinajstić information content (AvgIpc) is 2.40. The number of nitrogens with zero attached hydrogens (tertiary/aromatic N) is 1. The zero-order chi connectivity index (χ0) is 14.1. The van der Waals surface area contributed by atoms with Crippen LogP contribution >= 0.6 is 0 Å². The first-order valence-corrected chi connectivity index (χ1v) is 6.43. The van der Waals surface area contributed by atoms with E-state index in [1.807, 2.05) is 6.92 Å². The van der Waals surface area contributed by atoms with Crippen LogP contribution in [-0.4, -0.2) is 37.3 Å². The van der Waals surface area contributed by atoms with Crippen LogP contribution in [0.3, 0.4) is 0 Å². The molecule has 1 heterocycles. The summed E-state index contributed by atoms with van der Waals surface area (Å²) >= 11 is 0. The van der Waals surface area contributed by atoms with Crippen molar-refractivity contribution in [1.29, 1.82) is 0 Å². The third-order valence-electron chi connectivity index (χ3n) is 2.45. The zero-order valence-corrected chi connectivity index (χ0v) is 11.4. The summed E-state index contributed by atoms with van der Waals surface area (Å²) in [5.74, 6) is 0.0711. The van der Waals surface area contributed by atoms with E-state index in [1.54, 1.807) is 13.0 Å². The minimum atomic E-state index is -0.431. The number of nitrogens with two attached hydrogens (primary N) is 1. The fourth-order valence-corrected chi connectivity index (χ4v) is 1.53. The Morgan fingerprint density at radius 1 is 1.42 bits per heavy atom. The molecular weight excluding hydrogens is 246 g/mol. The van der Waals surface area contributed by atoms with Crippen LogP contribution in [-0.2, 0) is 9.47 Å². The molecule has 0 aliphatic carbocycles. The molecule has 0 fully saturated rings. The monoisotopic (exact) mass is 267 g/mol. The van der Waals surface area contributed by atoms with Crippen molar-refractivity contribution < 1.29 is 14.3 Å². The minimum Gasteiger partial charge on any atom is -0.462 e. The highest BCUT2D eigenvalue weighted by Gasteiger charge is 2.13. The first kappa shape index (κ1) is 15.2. The Balaban J connectivity index is 2.59. The van der Waals surface area contributed by atoms with E-state index in [9.17, 15) is 4.79 Å². The SMILES string of the molecule is CCOCCCNc1nccc(C(=O)OCC)c1N. The molecule has 3 N–H and O–H groups in total. The lowest BCUT2D eigenvalue weighted by atomic mass is 10.2. The summed E-state index contributed by atoms with van der Waals surface area (Å²) in [7, 11) is 0. The number of hydrogen-bond donors (Lipinski definition) is 2. The molecule has 6 heteroatoms. The Kier molecular flexibility index (Phi) is 6.67. The van der Waals surface area contributed by atoms with Crippen LogP contribution in [0.15, 0.2) is 12.3 Å². The van der Waals surface area contributed by atoms with E-state index in [2.05, 4.69) is 10.3 Å². The topological polar surface area (TPSA) is 86.5 Å². The Morgan fingerprint density at radius 3 is 2.89 bits per heavy atom. The van der Waals surface area contributed by atoms with Gasteiger partial charge in [0.2, 0.25) is 0 Å². The number of nitrogen functional groups attached to an aromatic ring is 1. The molecule has 106 valence electrons. The molecule has 0 aliphatic rings. The van der Waals surface area contributed by atoms with Crippen molar-refractivity contribution in [2.75, 3.05) is 37.4 Å². The average molecular weight is 267 g/mol. The summed E-state index contributed by atoms with van der Waals surface area (Å²) in [6, 6.07) is 1.55. The van der Waals surface area contributed by atoms with E-state index in [0.29, 0.717) is 43.4 Å². The van der Waals surface area contributed by atoms with Crippen molar-refractivity contribution in [2.45, 2.75) is 20.3 Å². The molecule has 0 unspecified atom stereocenters. The predicted octanol–water partition coefficient (Wildman–Crippen LogP) is 1.68. The number of hydrogen-bond acceptors (Lipinski definition) is 6. The van der Waals surface area contributed by atoms with E-state index >= 15 is 0 Å². The van der Waals surface area contributed by atoms with Gasteiger partial charge in [-0.2, -0.15) is 0 Å².